The summed E-state index contributed by atoms with van der Waals surface area (Å²) in [6, 6.07) is 9.74. The average molecular weight is 428 g/mol. The number of nitrogens with zero attached hydrogens (tertiary/aromatic N) is 3. The van der Waals surface area contributed by atoms with Crippen LogP contribution in [0.1, 0.15) is 33.2 Å². The van der Waals surface area contributed by atoms with Gasteiger partial charge in [-0.05, 0) is 43.0 Å². The van der Waals surface area contributed by atoms with Crippen LogP contribution in [-0.2, 0) is 4.79 Å². The van der Waals surface area contributed by atoms with E-state index in [1.807, 2.05) is 6.92 Å². The first-order valence-electron chi connectivity index (χ1n) is 8.89. The third-order valence-corrected chi connectivity index (χ3v) is 6.11. The number of anilines is 1. The first-order valence-corrected chi connectivity index (χ1v) is 10.6. The molecular formula is C20H17N3O4S2. The number of amides is 1. The molecule has 3 aromatic rings. The molecule has 1 N–H and O–H groups in total. The number of carbonyl (C=O) groups is 2. The van der Waals surface area contributed by atoms with E-state index in [2.05, 4.69) is 10.2 Å². The van der Waals surface area contributed by atoms with E-state index in [0.29, 0.717) is 32.9 Å². The van der Waals surface area contributed by atoms with E-state index in [1.54, 1.807) is 48.7 Å². The van der Waals surface area contributed by atoms with Crippen LogP contribution < -0.4 is 9.64 Å². The van der Waals surface area contributed by atoms with Crippen LogP contribution in [0.15, 0.2) is 53.1 Å². The molecule has 4 rings (SSSR count). The molecule has 0 spiro atoms. The van der Waals surface area contributed by atoms with E-state index >= 15 is 0 Å². The zero-order chi connectivity index (χ0) is 20.5. The van der Waals surface area contributed by atoms with Crippen LogP contribution in [0.25, 0.3) is 0 Å². The Bertz CT molecular complexity index is 1100. The lowest BCUT2D eigenvalue weighted by Gasteiger charge is -2.24. The number of aromatic nitrogens is 2. The van der Waals surface area contributed by atoms with Gasteiger partial charge in [0.1, 0.15) is 10.8 Å². The summed E-state index contributed by atoms with van der Waals surface area (Å²) in [7, 11) is 0. The Kier molecular flexibility index (Phi) is 5.16. The van der Waals surface area contributed by atoms with Crippen molar-refractivity contribution in [2.75, 3.05) is 11.5 Å². The molecule has 1 aliphatic rings. The summed E-state index contributed by atoms with van der Waals surface area (Å²) in [5, 5.41) is 21.5. The van der Waals surface area contributed by atoms with Crippen molar-refractivity contribution in [3.63, 3.8) is 0 Å². The Hall–Kier alpha value is -3.04. The molecule has 7 nitrogen and oxygen atoms in total. The molecule has 0 bridgehead atoms. The maximum atomic E-state index is 13.2. The summed E-state index contributed by atoms with van der Waals surface area (Å²) in [5.74, 6) is -1.02. The number of benzene rings is 1. The number of rotatable bonds is 6. The van der Waals surface area contributed by atoms with Gasteiger partial charge < -0.3 is 9.84 Å². The number of aliphatic hydroxyl groups excluding tert-OH is 1. The number of ether oxygens (including phenoxy) is 1. The van der Waals surface area contributed by atoms with Gasteiger partial charge in [-0.3, -0.25) is 14.5 Å². The maximum absolute atomic E-state index is 13.2. The third-order valence-electron chi connectivity index (χ3n) is 4.40. The number of carbonyl (C=O) groups excluding carboxylic acids is 2. The second-order valence-corrected chi connectivity index (χ2v) is 8.36. The van der Waals surface area contributed by atoms with E-state index in [1.165, 1.54) is 27.6 Å². The summed E-state index contributed by atoms with van der Waals surface area (Å²) < 4.78 is 5.58. The van der Waals surface area contributed by atoms with E-state index in [0.717, 1.165) is 0 Å². The quantitative estimate of drug-likeness (QED) is 0.596. The van der Waals surface area contributed by atoms with Crippen LogP contribution in [0, 0.1) is 6.92 Å². The molecular weight excluding hydrogens is 410 g/mol. The molecule has 2 aromatic heterocycles. The number of hydrogen-bond donors (Lipinski definition) is 1. The Labute approximate surface area is 174 Å². The molecule has 9 heteroatoms. The van der Waals surface area contributed by atoms with E-state index in [9.17, 15) is 14.7 Å². The topological polar surface area (TPSA) is 92.6 Å². The molecule has 148 valence electrons. The largest absolute Gasteiger partial charge is 0.503 e. The summed E-state index contributed by atoms with van der Waals surface area (Å²) in [5.41, 5.74) is 0.667. The van der Waals surface area contributed by atoms with Gasteiger partial charge in [-0.15, -0.1) is 21.5 Å². The predicted molar refractivity (Wildman–Crippen MR) is 111 cm³/mol. The lowest BCUT2D eigenvalue weighted by atomic mass is 9.95. The Morgan fingerprint density at radius 1 is 1.28 bits per heavy atom. The molecule has 1 aliphatic heterocycles. The maximum Gasteiger partial charge on any atom is 0.296 e. The van der Waals surface area contributed by atoms with E-state index in [4.69, 9.17) is 4.74 Å². The predicted octanol–water partition coefficient (Wildman–Crippen LogP) is 4.09. The second kappa shape index (κ2) is 7.76. The Morgan fingerprint density at radius 3 is 2.76 bits per heavy atom. The average Bonchev–Trinajstić information content (AvgIpc) is 3.43. The summed E-state index contributed by atoms with van der Waals surface area (Å²) in [4.78, 5) is 27.9. The van der Waals surface area contributed by atoms with Gasteiger partial charge in [0.25, 0.3) is 5.91 Å². The van der Waals surface area contributed by atoms with Crippen molar-refractivity contribution in [3.8, 4) is 5.75 Å². The van der Waals surface area contributed by atoms with Crippen LogP contribution in [0.5, 0.6) is 5.75 Å². The fourth-order valence-electron chi connectivity index (χ4n) is 3.21. The number of thiophene rings is 1. The van der Waals surface area contributed by atoms with Crippen molar-refractivity contribution in [2.24, 2.45) is 0 Å². The Morgan fingerprint density at radius 2 is 2.10 bits per heavy atom. The van der Waals surface area contributed by atoms with Gasteiger partial charge in [0.05, 0.1) is 23.1 Å². The van der Waals surface area contributed by atoms with Crippen LogP contribution in [0.3, 0.4) is 0 Å². The first-order chi connectivity index (χ1) is 14.0. The number of aryl methyl sites for hydroxylation is 1. The zero-order valence-electron chi connectivity index (χ0n) is 15.7. The molecule has 0 saturated carbocycles. The highest BCUT2D eigenvalue weighted by molar-refractivity contribution is 7.15. The minimum Gasteiger partial charge on any atom is -0.503 e. The zero-order valence-corrected chi connectivity index (χ0v) is 17.3. The normalized spacial score (nSPS) is 16.6. The number of ketones is 1. The molecule has 3 heterocycles. The van der Waals surface area contributed by atoms with Crippen molar-refractivity contribution >= 4 is 39.5 Å². The summed E-state index contributed by atoms with van der Waals surface area (Å²) in [6.45, 7) is 4.13. The highest BCUT2D eigenvalue weighted by Crippen LogP contribution is 2.43. The van der Waals surface area contributed by atoms with Crippen molar-refractivity contribution < 1.29 is 19.4 Å². The molecule has 29 heavy (non-hydrogen) atoms. The van der Waals surface area contributed by atoms with Crippen LogP contribution in [0.2, 0.25) is 0 Å². The Balaban J connectivity index is 1.87. The molecule has 0 unspecified atom stereocenters. The first kappa shape index (κ1) is 19.3. The fraction of sp³-hybridized carbons (Fsp3) is 0.200. The van der Waals surface area contributed by atoms with Gasteiger partial charge in [0.15, 0.2) is 5.76 Å². The van der Waals surface area contributed by atoms with Gasteiger partial charge in [0.2, 0.25) is 10.9 Å². The highest BCUT2D eigenvalue weighted by atomic mass is 32.1. The molecule has 0 aliphatic carbocycles. The number of hydrogen-bond acceptors (Lipinski definition) is 8. The lowest BCUT2D eigenvalue weighted by molar-refractivity contribution is -0.117. The van der Waals surface area contributed by atoms with Crippen LogP contribution in [-0.4, -0.2) is 33.6 Å². The van der Waals surface area contributed by atoms with Crippen molar-refractivity contribution in [1.29, 1.82) is 0 Å². The van der Waals surface area contributed by atoms with Gasteiger partial charge in [0, 0.05) is 0 Å². The minimum atomic E-state index is -0.829. The van der Waals surface area contributed by atoms with Crippen molar-refractivity contribution in [2.45, 2.75) is 19.9 Å². The summed E-state index contributed by atoms with van der Waals surface area (Å²) in [6.07, 6.45) is 0. The lowest BCUT2D eigenvalue weighted by Crippen LogP contribution is -2.31. The molecule has 1 aromatic carbocycles. The standard InChI is InChI=1S/C20H17N3O4S2/c1-3-27-13-7-4-6-12(10-13)16-15(17(24)14-8-5-9-28-14)18(25)19(26)23(16)20-22-21-11(2)29-20/h4-10,16,25H,3H2,1-2H3/t16-/m0/s1. The molecule has 0 fully saturated rings. The van der Waals surface area contributed by atoms with Gasteiger partial charge in [-0.25, -0.2) is 0 Å². The molecule has 1 atom stereocenters. The van der Waals surface area contributed by atoms with Crippen molar-refractivity contribution in [1.82, 2.24) is 10.2 Å². The van der Waals surface area contributed by atoms with Gasteiger partial charge in [-0.2, -0.15) is 0 Å². The molecule has 0 saturated heterocycles. The molecule has 1 amide bonds. The SMILES string of the molecule is CCOc1cccc([C@H]2C(C(=O)c3cccs3)=C(O)C(=O)N2c2nnc(C)s2)c1. The highest BCUT2D eigenvalue weighted by Gasteiger charge is 2.46. The summed E-state index contributed by atoms with van der Waals surface area (Å²) >= 11 is 2.48. The van der Waals surface area contributed by atoms with E-state index in [-0.39, 0.29) is 11.4 Å². The van der Waals surface area contributed by atoms with Gasteiger partial charge in [-0.1, -0.05) is 29.5 Å². The van der Waals surface area contributed by atoms with Crippen LogP contribution >= 0.6 is 22.7 Å². The number of Topliss-reactive ketones (excluding diaryl/α,β-unsaturated/α-hetero) is 1. The third kappa shape index (κ3) is 3.43. The monoisotopic (exact) mass is 427 g/mol. The van der Waals surface area contributed by atoms with Crippen molar-refractivity contribution in [3.05, 3.63) is 68.6 Å². The smallest absolute Gasteiger partial charge is 0.296 e. The molecule has 0 radical (unpaired) electrons. The fourth-order valence-corrected chi connectivity index (χ4v) is 4.61. The number of aliphatic hydroxyl groups is 1. The van der Waals surface area contributed by atoms with E-state index < -0.39 is 17.7 Å². The second-order valence-electron chi connectivity index (χ2n) is 6.26. The van der Waals surface area contributed by atoms with Crippen LogP contribution in [0.4, 0.5) is 5.13 Å². The minimum absolute atomic E-state index is 0.0268. The van der Waals surface area contributed by atoms with Gasteiger partial charge >= 0.3 is 0 Å².